The van der Waals surface area contributed by atoms with Gasteiger partial charge in [0.15, 0.2) is 16.1 Å². The molecule has 1 aromatic carbocycles. The standard InChI is InChI=1S/C22H26N2O5S/c1-4-9-27-11-16-10-22(18(25)28-16)13-21(3,29-19(22)26)17-12-30-20(24-17)23-15-7-5-14(2)6-8-15/h5-8,12,16H,4,9-11,13H2,1-3H3,(H,23,24)/t16-,21+,22-/m0/s1. The minimum atomic E-state index is -1.27. The summed E-state index contributed by atoms with van der Waals surface area (Å²) in [6, 6.07) is 8.01. The number of cyclic esters (lactones) is 2. The molecular formula is C22H26N2O5S. The molecule has 8 heteroatoms. The smallest absolute Gasteiger partial charge is 0.324 e. The molecule has 2 aliphatic rings. The number of ether oxygens (including phenoxy) is 3. The quantitative estimate of drug-likeness (QED) is 0.402. The van der Waals surface area contributed by atoms with Crippen molar-refractivity contribution in [2.45, 2.75) is 51.7 Å². The first kappa shape index (κ1) is 20.8. The van der Waals surface area contributed by atoms with Crippen LogP contribution in [0.1, 0.15) is 44.4 Å². The molecule has 3 heterocycles. The van der Waals surface area contributed by atoms with Crippen molar-refractivity contribution in [2.75, 3.05) is 18.5 Å². The van der Waals surface area contributed by atoms with Crippen LogP contribution >= 0.6 is 11.3 Å². The van der Waals surface area contributed by atoms with Gasteiger partial charge in [-0.25, -0.2) is 4.98 Å². The number of hydrogen-bond acceptors (Lipinski definition) is 8. The van der Waals surface area contributed by atoms with Crippen LogP contribution in [0.4, 0.5) is 10.8 Å². The van der Waals surface area contributed by atoms with Gasteiger partial charge in [-0.2, -0.15) is 0 Å². The lowest BCUT2D eigenvalue weighted by Crippen LogP contribution is -2.32. The summed E-state index contributed by atoms with van der Waals surface area (Å²) in [6.07, 6.45) is 0.959. The lowest BCUT2D eigenvalue weighted by atomic mass is 9.78. The zero-order valence-electron chi connectivity index (χ0n) is 17.4. The third kappa shape index (κ3) is 3.81. The van der Waals surface area contributed by atoms with Gasteiger partial charge in [-0.15, -0.1) is 11.3 Å². The molecule has 0 aliphatic carbocycles. The average molecular weight is 431 g/mol. The lowest BCUT2D eigenvalue weighted by Gasteiger charge is -2.20. The maximum atomic E-state index is 12.8. The summed E-state index contributed by atoms with van der Waals surface area (Å²) in [6.45, 7) is 6.74. The molecule has 2 saturated heterocycles. The van der Waals surface area contributed by atoms with Crippen LogP contribution in [-0.4, -0.2) is 36.2 Å². The van der Waals surface area contributed by atoms with Crippen LogP contribution in [0.3, 0.4) is 0 Å². The average Bonchev–Trinajstić information content (AvgIpc) is 3.36. The topological polar surface area (TPSA) is 86.8 Å². The SMILES string of the molecule is CCCOC[C@@H]1C[C@]2(C[C@](C)(c3csc(Nc4ccc(C)cc4)n3)OC2=O)C(=O)O1. The van der Waals surface area contributed by atoms with Crippen LogP contribution < -0.4 is 5.32 Å². The number of esters is 2. The summed E-state index contributed by atoms with van der Waals surface area (Å²) in [5.74, 6) is -1.05. The number of benzene rings is 1. The first-order valence-electron chi connectivity index (χ1n) is 10.2. The molecular weight excluding hydrogens is 404 g/mol. The van der Waals surface area contributed by atoms with Gasteiger partial charge in [0, 0.05) is 30.5 Å². The van der Waals surface area contributed by atoms with Crippen molar-refractivity contribution in [1.82, 2.24) is 4.98 Å². The number of rotatable bonds is 7. The Labute approximate surface area is 179 Å². The summed E-state index contributed by atoms with van der Waals surface area (Å²) in [5.41, 5.74) is 0.492. The van der Waals surface area contributed by atoms with Crippen molar-refractivity contribution in [3.8, 4) is 0 Å². The van der Waals surface area contributed by atoms with E-state index in [1.165, 1.54) is 16.9 Å². The summed E-state index contributed by atoms with van der Waals surface area (Å²) < 4.78 is 16.7. The van der Waals surface area contributed by atoms with E-state index in [9.17, 15) is 9.59 Å². The fourth-order valence-corrected chi connectivity index (χ4v) is 4.86. The molecule has 0 radical (unpaired) electrons. The van der Waals surface area contributed by atoms with E-state index >= 15 is 0 Å². The van der Waals surface area contributed by atoms with Crippen LogP contribution in [0.2, 0.25) is 0 Å². The molecule has 4 rings (SSSR count). The largest absolute Gasteiger partial charge is 0.459 e. The maximum Gasteiger partial charge on any atom is 0.324 e. The van der Waals surface area contributed by atoms with Crippen LogP contribution in [0, 0.1) is 12.3 Å². The Bertz CT molecular complexity index is 943. The molecule has 2 aliphatic heterocycles. The van der Waals surface area contributed by atoms with Crippen LogP contribution in [0.5, 0.6) is 0 Å². The van der Waals surface area contributed by atoms with Crippen molar-refractivity contribution in [1.29, 1.82) is 0 Å². The number of carbonyl (C=O) groups excluding carboxylic acids is 2. The molecule has 0 saturated carbocycles. The highest BCUT2D eigenvalue weighted by molar-refractivity contribution is 7.13. The Hall–Kier alpha value is -2.45. The number of carbonyl (C=O) groups is 2. The van der Waals surface area contributed by atoms with E-state index < -0.39 is 29.1 Å². The highest BCUT2D eigenvalue weighted by Crippen LogP contribution is 2.52. The van der Waals surface area contributed by atoms with E-state index in [2.05, 4.69) is 10.3 Å². The van der Waals surface area contributed by atoms with Gasteiger partial charge in [0.05, 0.1) is 12.3 Å². The van der Waals surface area contributed by atoms with Crippen LogP contribution in [0.25, 0.3) is 0 Å². The van der Waals surface area contributed by atoms with Gasteiger partial charge in [-0.1, -0.05) is 24.6 Å². The minimum Gasteiger partial charge on any atom is -0.459 e. The third-order valence-corrected chi connectivity index (χ3v) is 6.35. The zero-order valence-corrected chi connectivity index (χ0v) is 18.2. The van der Waals surface area contributed by atoms with Crippen molar-refractivity contribution in [2.24, 2.45) is 5.41 Å². The van der Waals surface area contributed by atoms with Gasteiger partial charge < -0.3 is 19.5 Å². The predicted molar refractivity (Wildman–Crippen MR) is 113 cm³/mol. The second kappa shape index (κ2) is 8.00. The fourth-order valence-electron chi connectivity index (χ4n) is 4.00. The fraction of sp³-hybridized carbons (Fsp3) is 0.500. The summed E-state index contributed by atoms with van der Waals surface area (Å²) in [4.78, 5) is 30.1. The molecule has 1 spiro atoms. The molecule has 1 N–H and O–H groups in total. The highest BCUT2D eigenvalue weighted by Gasteiger charge is 2.65. The molecule has 2 fully saturated rings. The van der Waals surface area contributed by atoms with Crippen molar-refractivity contribution < 1.29 is 23.8 Å². The second-order valence-electron chi connectivity index (χ2n) is 8.21. The number of aromatic nitrogens is 1. The third-order valence-electron chi connectivity index (χ3n) is 5.59. The monoisotopic (exact) mass is 430 g/mol. The summed E-state index contributed by atoms with van der Waals surface area (Å²) in [5, 5.41) is 5.83. The normalized spacial score (nSPS) is 28.0. The number of hydrogen-bond donors (Lipinski definition) is 1. The van der Waals surface area contributed by atoms with Gasteiger partial charge >= 0.3 is 11.9 Å². The number of anilines is 2. The lowest BCUT2D eigenvalue weighted by molar-refractivity contribution is -0.160. The van der Waals surface area contributed by atoms with Gasteiger partial charge in [0.25, 0.3) is 0 Å². The summed E-state index contributed by atoms with van der Waals surface area (Å²) >= 11 is 1.43. The Balaban J connectivity index is 1.48. The zero-order chi connectivity index (χ0) is 21.4. The van der Waals surface area contributed by atoms with E-state index in [0.717, 1.165) is 12.1 Å². The van der Waals surface area contributed by atoms with Gasteiger partial charge in [-0.05, 0) is 32.4 Å². The first-order valence-corrected chi connectivity index (χ1v) is 11.0. The molecule has 7 nitrogen and oxygen atoms in total. The maximum absolute atomic E-state index is 12.8. The number of nitrogens with zero attached hydrogens (tertiary/aromatic N) is 1. The predicted octanol–water partition coefficient (Wildman–Crippen LogP) is 4.09. The van der Waals surface area contributed by atoms with Crippen LogP contribution in [0.15, 0.2) is 29.6 Å². The molecule has 0 unspecified atom stereocenters. The molecule has 30 heavy (non-hydrogen) atoms. The first-order chi connectivity index (χ1) is 14.3. The van der Waals surface area contributed by atoms with Crippen LogP contribution in [-0.2, 0) is 29.4 Å². The number of thiazole rings is 1. The van der Waals surface area contributed by atoms with E-state index in [1.807, 2.05) is 43.5 Å². The summed E-state index contributed by atoms with van der Waals surface area (Å²) in [7, 11) is 0. The van der Waals surface area contributed by atoms with E-state index in [1.54, 1.807) is 6.92 Å². The van der Waals surface area contributed by atoms with Crippen molar-refractivity contribution in [3.05, 3.63) is 40.9 Å². The van der Waals surface area contributed by atoms with Gasteiger partial charge in [0.1, 0.15) is 6.10 Å². The van der Waals surface area contributed by atoms with Crippen molar-refractivity contribution >= 4 is 34.1 Å². The van der Waals surface area contributed by atoms with E-state index in [0.29, 0.717) is 24.0 Å². The number of aryl methyl sites for hydroxylation is 1. The minimum absolute atomic E-state index is 0.218. The van der Waals surface area contributed by atoms with Gasteiger partial charge in [0.2, 0.25) is 0 Å². The molecule has 0 amide bonds. The molecule has 2 aromatic rings. The Morgan fingerprint density at radius 3 is 2.77 bits per heavy atom. The van der Waals surface area contributed by atoms with E-state index in [-0.39, 0.29) is 12.8 Å². The molecule has 0 bridgehead atoms. The molecule has 1 aromatic heterocycles. The number of nitrogens with one attached hydrogen (secondary N) is 1. The Morgan fingerprint density at radius 2 is 2.03 bits per heavy atom. The highest BCUT2D eigenvalue weighted by atomic mass is 32.1. The second-order valence-corrected chi connectivity index (χ2v) is 9.07. The molecule has 160 valence electrons. The van der Waals surface area contributed by atoms with E-state index in [4.69, 9.17) is 14.2 Å². The Kier molecular flexibility index (Phi) is 5.55. The molecule has 3 atom stereocenters. The Morgan fingerprint density at radius 1 is 1.27 bits per heavy atom. The van der Waals surface area contributed by atoms with Gasteiger partial charge in [-0.3, -0.25) is 9.59 Å². The van der Waals surface area contributed by atoms with Crippen molar-refractivity contribution in [3.63, 3.8) is 0 Å².